The molecular weight excluding hydrogens is 709 g/mol. The van der Waals surface area contributed by atoms with Crippen molar-refractivity contribution in [2.24, 2.45) is 11.0 Å². The monoisotopic (exact) mass is 756 g/mol. The minimum Gasteiger partial charge on any atom is -0.465 e. The van der Waals surface area contributed by atoms with Crippen molar-refractivity contribution >= 4 is 34.8 Å². The van der Waals surface area contributed by atoms with Crippen LogP contribution in [0.5, 0.6) is 0 Å². The molecule has 8 rings (SSSR count). The van der Waals surface area contributed by atoms with Crippen LogP contribution in [0.15, 0.2) is 151 Å². The van der Waals surface area contributed by atoms with Crippen molar-refractivity contribution in [2.45, 2.75) is 58.0 Å². The number of aryl methyl sites for hydroxylation is 1. The summed E-state index contributed by atoms with van der Waals surface area (Å²) >= 11 is 0. The molecule has 6 aromatic rings. The molecule has 0 atom stereocenters. The van der Waals surface area contributed by atoms with Gasteiger partial charge in [0, 0.05) is 29.6 Å². The van der Waals surface area contributed by atoms with Gasteiger partial charge in [0.2, 0.25) is 0 Å². The number of urea groups is 1. The Bertz CT molecular complexity index is 2240. The Morgan fingerprint density at radius 1 is 0.807 bits per heavy atom. The summed E-state index contributed by atoms with van der Waals surface area (Å²) in [5.41, 5.74) is 7.78. The van der Waals surface area contributed by atoms with E-state index in [9.17, 15) is 9.59 Å². The maximum absolute atomic E-state index is 14.5. The Kier molecular flexibility index (Phi) is 11.0. The fourth-order valence-electron chi connectivity index (χ4n) is 8.48. The van der Waals surface area contributed by atoms with Gasteiger partial charge in [0.1, 0.15) is 17.9 Å². The second kappa shape index (κ2) is 16.7. The molecule has 9 nitrogen and oxygen atoms in total. The second-order valence-corrected chi connectivity index (χ2v) is 14.7. The second-order valence-electron chi connectivity index (χ2n) is 14.7. The van der Waals surface area contributed by atoms with Crippen LogP contribution in [-0.2, 0) is 21.6 Å². The van der Waals surface area contributed by atoms with Crippen molar-refractivity contribution in [1.29, 1.82) is 0 Å². The first-order valence-corrected chi connectivity index (χ1v) is 20.0. The predicted octanol–water partition coefficient (Wildman–Crippen LogP) is 10.1. The molecule has 0 unspecified atom stereocenters. The Balaban J connectivity index is 1.13. The SMILES string of the molecule is CCOC(=O)CN1N=C(C2CCCCC2)c2ccc(C)cc2N(c2ccc(NCc3nccn3C(c3ccccc3)(c3ccccc3)c3ccccc3)cc2)C1=O. The lowest BCUT2D eigenvalue weighted by Crippen LogP contribution is -2.40. The maximum Gasteiger partial charge on any atom is 0.350 e. The highest BCUT2D eigenvalue weighted by Crippen LogP contribution is 2.42. The molecule has 0 spiro atoms. The summed E-state index contributed by atoms with van der Waals surface area (Å²) in [6.45, 7) is 4.19. The molecule has 1 aliphatic heterocycles. The van der Waals surface area contributed by atoms with Crippen molar-refractivity contribution in [3.63, 3.8) is 0 Å². The van der Waals surface area contributed by atoms with Crippen molar-refractivity contribution in [3.8, 4) is 0 Å². The van der Waals surface area contributed by atoms with Crippen LogP contribution in [0.3, 0.4) is 0 Å². The van der Waals surface area contributed by atoms with E-state index in [0.717, 1.165) is 76.4 Å². The number of nitrogens with zero attached hydrogens (tertiary/aromatic N) is 5. The van der Waals surface area contributed by atoms with Crippen LogP contribution in [0.1, 0.15) is 72.7 Å². The molecule has 1 saturated carbocycles. The van der Waals surface area contributed by atoms with E-state index in [1.807, 2.05) is 61.7 Å². The van der Waals surface area contributed by atoms with Crippen molar-refractivity contribution in [3.05, 3.63) is 179 Å². The fraction of sp³-hybridized carbons (Fsp3) is 0.250. The number of imidazole rings is 1. The highest BCUT2D eigenvalue weighted by Gasteiger charge is 2.40. The molecule has 57 heavy (non-hydrogen) atoms. The highest BCUT2D eigenvalue weighted by atomic mass is 16.5. The van der Waals surface area contributed by atoms with E-state index >= 15 is 0 Å². The average molecular weight is 757 g/mol. The van der Waals surface area contributed by atoms with E-state index < -0.39 is 17.5 Å². The smallest absolute Gasteiger partial charge is 0.350 e. The number of amides is 2. The molecule has 0 bridgehead atoms. The Labute approximate surface area is 334 Å². The minimum atomic E-state index is -0.687. The zero-order valence-electron chi connectivity index (χ0n) is 32.6. The molecule has 1 N–H and O–H groups in total. The standard InChI is InChI=1S/C48H48N6O3/c1-3-57-45(55)34-53-47(56)54(43-32-35(2)24-29-42(43)46(51-53)36-16-8-4-9-17-36)41-27-25-40(26-28-41)50-33-44-49-30-31-52(44)48(37-18-10-5-11-19-37,38-20-12-6-13-21-38)39-22-14-7-15-23-39/h5-7,10-15,18-32,36,50H,3-4,8-9,16-17,33-34H2,1-2H3. The average Bonchev–Trinajstić information content (AvgIpc) is 3.69. The largest absolute Gasteiger partial charge is 0.465 e. The summed E-state index contributed by atoms with van der Waals surface area (Å²) in [6, 6.07) is 45.3. The maximum atomic E-state index is 14.5. The van der Waals surface area contributed by atoms with Crippen molar-refractivity contribution < 1.29 is 14.3 Å². The minimum absolute atomic E-state index is 0.196. The lowest BCUT2D eigenvalue weighted by molar-refractivity contribution is -0.143. The Morgan fingerprint density at radius 3 is 2.02 bits per heavy atom. The van der Waals surface area contributed by atoms with Gasteiger partial charge < -0.3 is 14.6 Å². The van der Waals surface area contributed by atoms with Gasteiger partial charge >= 0.3 is 12.0 Å². The number of carbonyl (C=O) groups excluding carboxylic acids is 2. The third kappa shape index (κ3) is 7.45. The van der Waals surface area contributed by atoms with Gasteiger partial charge in [-0.2, -0.15) is 5.10 Å². The number of ether oxygens (including phenoxy) is 1. The summed E-state index contributed by atoms with van der Waals surface area (Å²) in [5, 5.41) is 9.86. The first kappa shape index (κ1) is 37.4. The Hall–Kier alpha value is -6.48. The van der Waals surface area contributed by atoms with Crippen LogP contribution in [0, 0.1) is 12.8 Å². The summed E-state index contributed by atoms with van der Waals surface area (Å²) < 4.78 is 7.56. The van der Waals surface area contributed by atoms with Crippen LogP contribution in [0.4, 0.5) is 21.9 Å². The number of hydrogen-bond acceptors (Lipinski definition) is 6. The van der Waals surface area contributed by atoms with Gasteiger partial charge in [-0.05, 0) is 79.3 Å². The molecule has 288 valence electrons. The van der Waals surface area contributed by atoms with Crippen LogP contribution in [0.25, 0.3) is 0 Å². The van der Waals surface area contributed by atoms with Gasteiger partial charge in [-0.1, -0.05) is 122 Å². The molecule has 2 aliphatic rings. The summed E-state index contributed by atoms with van der Waals surface area (Å²) in [5.74, 6) is 0.555. The summed E-state index contributed by atoms with van der Waals surface area (Å²) in [7, 11) is 0. The van der Waals surface area contributed by atoms with E-state index in [2.05, 4.69) is 101 Å². The van der Waals surface area contributed by atoms with Crippen molar-refractivity contribution in [2.75, 3.05) is 23.4 Å². The van der Waals surface area contributed by atoms with Gasteiger partial charge in [0.05, 0.1) is 30.2 Å². The molecule has 2 amide bonds. The number of hydrazone groups is 1. The van der Waals surface area contributed by atoms with E-state index in [1.54, 1.807) is 11.8 Å². The number of esters is 1. The van der Waals surface area contributed by atoms with Crippen molar-refractivity contribution in [1.82, 2.24) is 14.6 Å². The van der Waals surface area contributed by atoms with Gasteiger partial charge in [-0.15, -0.1) is 0 Å². The molecule has 5 aromatic carbocycles. The van der Waals surface area contributed by atoms with Crippen LogP contribution in [-0.4, -0.2) is 45.4 Å². The molecule has 9 heteroatoms. The molecule has 1 aliphatic carbocycles. The van der Waals surface area contributed by atoms with Gasteiger partial charge in [0.15, 0.2) is 0 Å². The van der Waals surface area contributed by atoms with Crippen LogP contribution < -0.4 is 10.2 Å². The topological polar surface area (TPSA) is 92.1 Å². The highest BCUT2D eigenvalue weighted by molar-refractivity contribution is 6.14. The van der Waals surface area contributed by atoms with E-state index in [0.29, 0.717) is 12.2 Å². The predicted molar refractivity (Wildman–Crippen MR) is 226 cm³/mol. The van der Waals surface area contributed by atoms with E-state index in [1.165, 1.54) is 11.4 Å². The van der Waals surface area contributed by atoms with E-state index in [4.69, 9.17) is 14.8 Å². The van der Waals surface area contributed by atoms with Gasteiger partial charge in [-0.25, -0.2) is 14.8 Å². The number of anilines is 3. The third-order valence-corrected chi connectivity index (χ3v) is 11.1. The first-order valence-electron chi connectivity index (χ1n) is 20.0. The fourth-order valence-corrected chi connectivity index (χ4v) is 8.48. The zero-order valence-corrected chi connectivity index (χ0v) is 32.6. The number of rotatable bonds is 12. The van der Waals surface area contributed by atoms with E-state index in [-0.39, 0.29) is 19.1 Å². The van der Waals surface area contributed by atoms with Gasteiger partial charge in [-0.3, -0.25) is 9.69 Å². The summed E-state index contributed by atoms with van der Waals surface area (Å²) in [4.78, 5) is 34.0. The number of hydrogen-bond donors (Lipinski definition) is 1. The first-order chi connectivity index (χ1) is 28.0. The molecular formula is C48H48N6O3. The molecule has 1 fully saturated rings. The number of fused-ring (bicyclic) bond motifs is 1. The number of nitrogens with one attached hydrogen (secondary N) is 1. The van der Waals surface area contributed by atoms with Crippen LogP contribution in [0.2, 0.25) is 0 Å². The molecule has 2 heterocycles. The quantitative estimate of drug-likeness (QED) is 0.0992. The number of aromatic nitrogens is 2. The zero-order chi connectivity index (χ0) is 39.2. The van der Waals surface area contributed by atoms with Gasteiger partial charge in [0.25, 0.3) is 0 Å². The van der Waals surface area contributed by atoms with Crippen LogP contribution >= 0.6 is 0 Å². The third-order valence-electron chi connectivity index (χ3n) is 11.1. The Morgan fingerprint density at radius 2 is 1.42 bits per heavy atom. The molecule has 0 saturated heterocycles. The number of carbonyl (C=O) groups is 2. The molecule has 1 aromatic heterocycles. The molecule has 0 radical (unpaired) electrons. The number of benzene rings is 5. The normalized spacial score (nSPS) is 14.8. The lowest BCUT2D eigenvalue weighted by atomic mass is 9.76. The summed E-state index contributed by atoms with van der Waals surface area (Å²) in [6.07, 6.45) is 9.33. The lowest BCUT2D eigenvalue weighted by Gasteiger charge is -2.38.